The van der Waals surface area contributed by atoms with Crippen LogP contribution in [0.1, 0.15) is 0 Å². The van der Waals surface area contributed by atoms with E-state index in [1.807, 2.05) is 24.4 Å². The Morgan fingerprint density at radius 3 is 2.13 bits per heavy atom. The molecule has 0 aliphatic rings. The van der Waals surface area contributed by atoms with Crippen molar-refractivity contribution in [3.8, 4) is 22.6 Å². The molecule has 0 saturated carbocycles. The number of rotatable bonds is 2. The van der Waals surface area contributed by atoms with Crippen molar-refractivity contribution >= 4 is 48.5 Å². The number of pyridine rings is 2. The smallest absolute Gasteiger partial charge is 0.159 e. The van der Waals surface area contributed by atoms with Crippen LogP contribution in [-0.2, 0) is 0 Å². The van der Waals surface area contributed by atoms with Crippen LogP contribution >= 0.6 is 15.9 Å². The Morgan fingerprint density at radius 2 is 1.29 bits per heavy atom. The quantitative estimate of drug-likeness (QED) is 0.265. The predicted octanol–water partition coefficient (Wildman–Crippen LogP) is 6.82. The maximum Gasteiger partial charge on any atom is 0.159 e. The van der Waals surface area contributed by atoms with Crippen LogP contribution in [0.2, 0.25) is 0 Å². The molecule has 0 N–H and O–H groups in total. The van der Waals surface area contributed by atoms with Crippen molar-refractivity contribution in [3.05, 3.63) is 95.9 Å². The highest BCUT2D eigenvalue weighted by Crippen LogP contribution is 2.36. The van der Waals surface area contributed by atoms with Gasteiger partial charge >= 0.3 is 0 Å². The van der Waals surface area contributed by atoms with Crippen LogP contribution in [0.4, 0.5) is 0 Å². The van der Waals surface area contributed by atoms with E-state index in [0.29, 0.717) is 0 Å². The van der Waals surface area contributed by atoms with Crippen molar-refractivity contribution in [2.45, 2.75) is 0 Å². The van der Waals surface area contributed by atoms with Gasteiger partial charge < -0.3 is 0 Å². The molecule has 4 nitrogen and oxygen atoms in total. The molecule has 0 amide bonds. The lowest BCUT2D eigenvalue weighted by Gasteiger charge is -2.12. The standard InChI is InChI=1S/C26H15BrN4/c27-22-15-16-8-11-23(31-24(16)25-21(22)7-3-12-28-25)19-9-10-20(26-29-13-4-14-30-26)18-6-2-1-5-17(18)19/h1-15H. The van der Waals surface area contributed by atoms with Gasteiger partial charge in [-0.3, -0.25) is 4.98 Å². The Kier molecular flexibility index (Phi) is 4.21. The molecule has 3 heterocycles. The van der Waals surface area contributed by atoms with Gasteiger partial charge in [0.1, 0.15) is 0 Å². The lowest BCUT2D eigenvalue weighted by molar-refractivity contribution is 1.18. The van der Waals surface area contributed by atoms with Crippen LogP contribution in [0, 0.1) is 0 Å². The maximum absolute atomic E-state index is 5.05. The van der Waals surface area contributed by atoms with E-state index in [1.54, 1.807) is 12.4 Å². The van der Waals surface area contributed by atoms with E-state index < -0.39 is 0 Å². The Balaban J connectivity index is 1.62. The second-order valence-corrected chi connectivity index (χ2v) is 8.16. The van der Waals surface area contributed by atoms with Gasteiger partial charge in [0.15, 0.2) is 5.82 Å². The molecule has 0 saturated heterocycles. The van der Waals surface area contributed by atoms with Gasteiger partial charge in [-0.1, -0.05) is 58.4 Å². The van der Waals surface area contributed by atoms with Crippen molar-refractivity contribution in [2.75, 3.05) is 0 Å². The van der Waals surface area contributed by atoms with E-state index in [-0.39, 0.29) is 0 Å². The molecule has 0 bridgehead atoms. The first kappa shape index (κ1) is 18.1. The minimum absolute atomic E-state index is 0.719. The summed E-state index contributed by atoms with van der Waals surface area (Å²) < 4.78 is 1.02. The van der Waals surface area contributed by atoms with Crippen molar-refractivity contribution < 1.29 is 0 Å². The number of aromatic nitrogens is 4. The third-order valence-corrected chi connectivity index (χ3v) is 6.16. The van der Waals surface area contributed by atoms with Crippen LogP contribution < -0.4 is 0 Å². The van der Waals surface area contributed by atoms with Gasteiger partial charge in [0.25, 0.3) is 0 Å². The van der Waals surface area contributed by atoms with E-state index in [1.165, 1.54) is 0 Å². The van der Waals surface area contributed by atoms with Crippen LogP contribution in [0.25, 0.3) is 55.2 Å². The molecule has 5 heteroatoms. The predicted molar refractivity (Wildman–Crippen MR) is 129 cm³/mol. The molecular formula is C26H15BrN4. The summed E-state index contributed by atoms with van der Waals surface area (Å²) in [5.74, 6) is 0.719. The molecule has 0 spiro atoms. The summed E-state index contributed by atoms with van der Waals surface area (Å²) in [6.07, 6.45) is 5.35. The highest BCUT2D eigenvalue weighted by Gasteiger charge is 2.13. The van der Waals surface area contributed by atoms with Crippen LogP contribution in [0.3, 0.4) is 0 Å². The zero-order valence-corrected chi connectivity index (χ0v) is 17.9. The molecule has 3 aromatic carbocycles. The van der Waals surface area contributed by atoms with Crippen molar-refractivity contribution in [1.29, 1.82) is 0 Å². The van der Waals surface area contributed by atoms with Gasteiger partial charge in [-0.05, 0) is 41.1 Å². The summed E-state index contributed by atoms with van der Waals surface area (Å²) in [5, 5.41) is 4.34. The third kappa shape index (κ3) is 2.97. The van der Waals surface area contributed by atoms with Gasteiger partial charge in [-0.25, -0.2) is 15.0 Å². The molecule has 0 unspecified atom stereocenters. The highest BCUT2D eigenvalue weighted by atomic mass is 79.9. The number of fused-ring (bicyclic) bond motifs is 4. The second kappa shape index (κ2) is 7.22. The Morgan fingerprint density at radius 1 is 0.581 bits per heavy atom. The summed E-state index contributed by atoms with van der Waals surface area (Å²) in [6.45, 7) is 0. The molecule has 6 rings (SSSR count). The maximum atomic E-state index is 5.05. The summed E-state index contributed by atoms with van der Waals surface area (Å²) in [4.78, 5) is 18.6. The molecule has 0 aliphatic heterocycles. The normalized spacial score (nSPS) is 11.4. The van der Waals surface area contributed by atoms with E-state index in [9.17, 15) is 0 Å². The fraction of sp³-hybridized carbons (Fsp3) is 0. The lowest BCUT2D eigenvalue weighted by atomic mass is 9.96. The first-order chi connectivity index (χ1) is 15.3. The van der Waals surface area contributed by atoms with Gasteiger partial charge in [0.05, 0.1) is 16.7 Å². The number of benzene rings is 3. The zero-order chi connectivity index (χ0) is 20.8. The van der Waals surface area contributed by atoms with Gasteiger partial charge in [-0.2, -0.15) is 0 Å². The summed E-state index contributed by atoms with van der Waals surface area (Å²) in [5.41, 5.74) is 4.79. The van der Waals surface area contributed by atoms with E-state index >= 15 is 0 Å². The number of hydrogen-bond acceptors (Lipinski definition) is 4. The fourth-order valence-electron chi connectivity index (χ4n) is 4.08. The molecule has 31 heavy (non-hydrogen) atoms. The van der Waals surface area contributed by atoms with Crippen molar-refractivity contribution in [2.24, 2.45) is 0 Å². The van der Waals surface area contributed by atoms with E-state index in [4.69, 9.17) is 4.98 Å². The number of halogens is 1. The first-order valence-electron chi connectivity index (χ1n) is 9.93. The van der Waals surface area contributed by atoms with E-state index in [0.717, 1.165) is 59.7 Å². The summed E-state index contributed by atoms with van der Waals surface area (Å²) in [6, 6.07) is 24.6. The fourth-order valence-corrected chi connectivity index (χ4v) is 4.65. The average molecular weight is 463 g/mol. The molecule has 3 aromatic heterocycles. The van der Waals surface area contributed by atoms with Gasteiger partial charge in [0, 0.05) is 45.0 Å². The topological polar surface area (TPSA) is 51.6 Å². The van der Waals surface area contributed by atoms with Crippen LogP contribution in [0.15, 0.2) is 95.9 Å². The average Bonchev–Trinajstić information content (AvgIpc) is 2.84. The highest BCUT2D eigenvalue weighted by molar-refractivity contribution is 9.10. The minimum Gasteiger partial charge on any atom is -0.254 e. The molecule has 0 fully saturated rings. The van der Waals surface area contributed by atoms with Crippen molar-refractivity contribution in [3.63, 3.8) is 0 Å². The van der Waals surface area contributed by atoms with Crippen LogP contribution in [0.5, 0.6) is 0 Å². The number of nitrogens with zero attached hydrogens (tertiary/aromatic N) is 4. The zero-order valence-electron chi connectivity index (χ0n) is 16.3. The summed E-state index contributed by atoms with van der Waals surface area (Å²) >= 11 is 3.66. The van der Waals surface area contributed by atoms with Crippen molar-refractivity contribution in [1.82, 2.24) is 19.9 Å². The third-order valence-electron chi connectivity index (χ3n) is 5.50. The minimum atomic E-state index is 0.719. The SMILES string of the molecule is Brc1cc2ccc(-c3ccc(-c4ncccn4)c4ccccc34)nc2c2ncccc12. The molecule has 0 atom stereocenters. The van der Waals surface area contributed by atoms with Gasteiger partial charge in [0.2, 0.25) is 0 Å². The number of hydrogen-bond donors (Lipinski definition) is 0. The van der Waals surface area contributed by atoms with E-state index in [2.05, 4.69) is 85.5 Å². The molecular weight excluding hydrogens is 448 g/mol. The molecule has 6 aromatic rings. The van der Waals surface area contributed by atoms with Gasteiger partial charge in [-0.15, -0.1) is 0 Å². The Bertz CT molecular complexity index is 1600. The Labute approximate surface area is 186 Å². The first-order valence-corrected chi connectivity index (χ1v) is 10.7. The molecule has 0 radical (unpaired) electrons. The molecule has 146 valence electrons. The second-order valence-electron chi connectivity index (χ2n) is 7.30. The summed E-state index contributed by atoms with van der Waals surface area (Å²) in [7, 11) is 0. The Hall–Kier alpha value is -3.70. The van der Waals surface area contributed by atoms with Crippen LogP contribution in [-0.4, -0.2) is 19.9 Å². The lowest BCUT2D eigenvalue weighted by Crippen LogP contribution is -1.93. The monoisotopic (exact) mass is 462 g/mol. The largest absolute Gasteiger partial charge is 0.254 e. The molecule has 0 aliphatic carbocycles.